The fraction of sp³-hybridized carbons (Fsp3) is 0.0500. The van der Waals surface area contributed by atoms with Crippen LogP contribution in [0.5, 0.6) is 0 Å². The summed E-state index contributed by atoms with van der Waals surface area (Å²) in [7, 11) is 0. The minimum atomic E-state index is -0.924. The van der Waals surface area contributed by atoms with Crippen LogP contribution >= 0.6 is 31.9 Å². The van der Waals surface area contributed by atoms with Gasteiger partial charge in [0.1, 0.15) is 0 Å². The number of halogens is 2. The Labute approximate surface area is 172 Å². The van der Waals surface area contributed by atoms with Gasteiger partial charge in [-0.15, -0.1) is 0 Å². The zero-order valence-corrected chi connectivity index (χ0v) is 17.1. The summed E-state index contributed by atoms with van der Waals surface area (Å²) in [6.45, 7) is 0.0719. The molecule has 2 aromatic carbocycles. The van der Waals surface area contributed by atoms with E-state index in [1.54, 1.807) is 30.6 Å². The third-order valence-corrected chi connectivity index (χ3v) is 4.66. The van der Waals surface area contributed by atoms with E-state index >= 15 is 0 Å². The summed E-state index contributed by atoms with van der Waals surface area (Å²) in [6, 6.07) is 14.4. The van der Waals surface area contributed by atoms with E-state index in [9.17, 15) is 4.79 Å². The molecule has 0 aliphatic carbocycles. The number of aromatic nitrogens is 2. The summed E-state index contributed by atoms with van der Waals surface area (Å²) in [5.74, 6) is -0.924. The molecule has 2 aromatic heterocycles. The average molecular weight is 490 g/mol. The second-order valence-electron chi connectivity index (χ2n) is 5.70. The Kier molecular flexibility index (Phi) is 6.15. The van der Waals surface area contributed by atoms with Crippen LogP contribution in [0.25, 0.3) is 21.8 Å². The summed E-state index contributed by atoms with van der Waals surface area (Å²) < 4.78 is 1.79. The normalized spacial score (nSPS) is 10.5. The number of aromatic carboxylic acids is 1. The molecule has 4 aromatic rings. The Morgan fingerprint density at radius 1 is 0.852 bits per heavy atom. The van der Waals surface area contributed by atoms with Gasteiger partial charge in [0.05, 0.1) is 23.2 Å². The molecular weight excluding hydrogens is 476 g/mol. The second kappa shape index (κ2) is 8.56. The van der Waals surface area contributed by atoms with Gasteiger partial charge in [-0.25, -0.2) is 4.79 Å². The number of fused-ring (bicyclic) bond motifs is 2. The number of rotatable bonds is 2. The molecule has 0 aliphatic heterocycles. The van der Waals surface area contributed by atoms with E-state index < -0.39 is 5.97 Å². The van der Waals surface area contributed by atoms with Gasteiger partial charge in [0, 0.05) is 32.1 Å². The number of carboxylic acid groups (broad SMARTS) is 1. The van der Waals surface area contributed by atoms with E-state index in [2.05, 4.69) is 41.8 Å². The molecule has 0 unspecified atom stereocenters. The molecule has 0 atom stereocenters. The van der Waals surface area contributed by atoms with Gasteiger partial charge in [-0.2, -0.15) is 0 Å². The van der Waals surface area contributed by atoms with Crippen LogP contribution in [-0.4, -0.2) is 26.2 Å². The number of aliphatic hydroxyl groups is 1. The van der Waals surface area contributed by atoms with Crippen molar-refractivity contribution < 1.29 is 15.0 Å². The van der Waals surface area contributed by atoms with Crippen molar-refractivity contribution in [2.75, 3.05) is 0 Å². The lowest BCUT2D eigenvalue weighted by Crippen LogP contribution is -1.95. The Balaban J connectivity index is 0.000000156. The number of nitrogens with zero attached hydrogens (tertiary/aromatic N) is 2. The number of hydrogen-bond acceptors (Lipinski definition) is 4. The highest BCUT2D eigenvalue weighted by Crippen LogP contribution is 2.19. The van der Waals surface area contributed by atoms with Crippen LogP contribution in [0.1, 0.15) is 15.9 Å². The lowest BCUT2D eigenvalue weighted by atomic mass is 10.1. The van der Waals surface area contributed by atoms with Crippen molar-refractivity contribution in [1.29, 1.82) is 0 Å². The molecule has 0 radical (unpaired) electrons. The summed E-state index contributed by atoms with van der Waals surface area (Å²) in [4.78, 5) is 19.1. The second-order valence-corrected chi connectivity index (χ2v) is 7.54. The van der Waals surface area contributed by atoms with E-state index in [0.29, 0.717) is 0 Å². The van der Waals surface area contributed by atoms with Crippen molar-refractivity contribution in [3.05, 3.63) is 81.0 Å². The van der Waals surface area contributed by atoms with Gasteiger partial charge in [0.25, 0.3) is 0 Å². The SMILES string of the molecule is O=C(O)c1ccc2ncc(Br)cc2c1.OCc1ccc2ncc(Br)cc2c1. The zero-order chi connectivity index (χ0) is 19.4. The van der Waals surface area contributed by atoms with Gasteiger partial charge >= 0.3 is 5.97 Å². The fourth-order valence-corrected chi connectivity index (χ4v) is 3.19. The van der Waals surface area contributed by atoms with E-state index in [-0.39, 0.29) is 12.2 Å². The lowest BCUT2D eigenvalue weighted by Gasteiger charge is -2.00. The molecule has 0 fully saturated rings. The van der Waals surface area contributed by atoms with Crippen LogP contribution in [0, 0.1) is 0 Å². The predicted molar refractivity (Wildman–Crippen MR) is 112 cm³/mol. The van der Waals surface area contributed by atoms with Gasteiger partial charge < -0.3 is 10.2 Å². The van der Waals surface area contributed by atoms with Gasteiger partial charge in [0.2, 0.25) is 0 Å². The topological polar surface area (TPSA) is 83.3 Å². The molecular formula is C20H14Br2N2O3. The molecule has 27 heavy (non-hydrogen) atoms. The minimum Gasteiger partial charge on any atom is -0.478 e. The average Bonchev–Trinajstić information content (AvgIpc) is 2.67. The first-order valence-electron chi connectivity index (χ1n) is 7.90. The quantitative estimate of drug-likeness (QED) is 0.405. The Hall–Kier alpha value is -2.35. The Morgan fingerprint density at radius 2 is 1.41 bits per heavy atom. The van der Waals surface area contributed by atoms with E-state index in [1.807, 2.05) is 30.3 Å². The molecule has 0 bridgehead atoms. The van der Waals surface area contributed by atoms with Gasteiger partial charge in [0.15, 0.2) is 0 Å². The fourth-order valence-electron chi connectivity index (χ4n) is 2.49. The van der Waals surface area contributed by atoms with Crippen LogP contribution in [0.2, 0.25) is 0 Å². The van der Waals surface area contributed by atoms with Crippen molar-refractivity contribution in [2.24, 2.45) is 0 Å². The standard InChI is InChI=1S/C10H6BrNO2.C10H8BrNO/c11-8-4-7-3-6(10(13)14)1-2-9(7)12-5-8;11-9-4-8-3-7(6-13)1-2-10(8)12-5-9/h1-5H,(H,13,14);1-5,13H,6H2. The van der Waals surface area contributed by atoms with Crippen LogP contribution in [0.3, 0.4) is 0 Å². The highest BCUT2D eigenvalue weighted by Gasteiger charge is 2.04. The third kappa shape index (κ3) is 4.88. The first-order chi connectivity index (χ1) is 13.0. The highest BCUT2D eigenvalue weighted by molar-refractivity contribution is 9.10. The molecule has 5 nitrogen and oxygen atoms in total. The Bertz CT molecular complexity index is 1130. The number of carbonyl (C=O) groups is 1. The van der Waals surface area contributed by atoms with Crippen LogP contribution < -0.4 is 0 Å². The third-order valence-electron chi connectivity index (χ3n) is 3.79. The maximum atomic E-state index is 10.7. The van der Waals surface area contributed by atoms with Gasteiger partial charge in [-0.1, -0.05) is 6.07 Å². The number of benzene rings is 2. The van der Waals surface area contributed by atoms with E-state index in [4.69, 9.17) is 10.2 Å². The number of pyridine rings is 2. The predicted octanol–water partition coefficient (Wildman–Crippen LogP) is 5.19. The van der Waals surface area contributed by atoms with Crippen LogP contribution in [-0.2, 0) is 6.61 Å². The summed E-state index contributed by atoms with van der Waals surface area (Å²) in [6.07, 6.45) is 3.45. The molecule has 2 N–H and O–H groups in total. The molecule has 0 amide bonds. The first-order valence-corrected chi connectivity index (χ1v) is 9.48. The summed E-state index contributed by atoms with van der Waals surface area (Å²) in [5, 5.41) is 19.6. The minimum absolute atomic E-state index is 0.0719. The van der Waals surface area contributed by atoms with Gasteiger partial charge in [-0.05, 0) is 79.9 Å². The van der Waals surface area contributed by atoms with Crippen LogP contribution in [0.4, 0.5) is 0 Å². The van der Waals surface area contributed by atoms with Crippen LogP contribution in [0.15, 0.2) is 69.9 Å². The van der Waals surface area contributed by atoms with E-state index in [0.717, 1.165) is 36.3 Å². The molecule has 136 valence electrons. The molecule has 0 saturated heterocycles. The zero-order valence-electron chi connectivity index (χ0n) is 13.9. The maximum absolute atomic E-state index is 10.7. The largest absolute Gasteiger partial charge is 0.478 e. The van der Waals surface area contributed by atoms with Gasteiger partial charge in [-0.3, -0.25) is 9.97 Å². The van der Waals surface area contributed by atoms with Crippen molar-refractivity contribution >= 4 is 59.6 Å². The smallest absolute Gasteiger partial charge is 0.335 e. The highest BCUT2D eigenvalue weighted by atomic mass is 79.9. The molecule has 2 heterocycles. The molecule has 7 heteroatoms. The number of carboxylic acids is 1. The van der Waals surface area contributed by atoms with Crippen molar-refractivity contribution in [3.63, 3.8) is 0 Å². The molecule has 0 saturated carbocycles. The first kappa shape index (κ1) is 19.4. The molecule has 0 spiro atoms. The maximum Gasteiger partial charge on any atom is 0.335 e. The van der Waals surface area contributed by atoms with Crippen molar-refractivity contribution in [3.8, 4) is 0 Å². The van der Waals surface area contributed by atoms with Crippen molar-refractivity contribution in [2.45, 2.75) is 6.61 Å². The summed E-state index contributed by atoms with van der Waals surface area (Å²) in [5.41, 5.74) is 2.92. The number of hydrogen-bond donors (Lipinski definition) is 2. The number of aliphatic hydroxyl groups excluding tert-OH is 1. The van der Waals surface area contributed by atoms with Crippen molar-refractivity contribution in [1.82, 2.24) is 9.97 Å². The van der Waals surface area contributed by atoms with E-state index in [1.165, 1.54) is 0 Å². The monoisotopic (exact) mass is 488 g/mol. The molecule has 0 aliphatic rings. The lowest BCUT2D eigenvalue weighted by molar-refractivity contribution is 0.0697. The summed E-state index contributed by atoms with van der Waals surface area (Å²) >= 11 is 6.64. The Morgan fingerprint density at radius 3 is 1.96 bits per heavy atom. The molecule has 4 rings (SSSR count).